The van der Waals surface area contributed by atoms with Crippen molar-refractivity contribution in [1.29, 1.82) is 0 Å². The Kier molecular flexibility index (Phi) is 7.22. The summed E-state index contributed by atoms with van der Waals surface area (Å²) in [5.74, 6) is -2.80. The molecule has 1 atom stereocenters. The van der Waals surface area contributed by atoms with Crippen LogP contribution in [0.3, 0.4) is 0 Å². The molecule has 0 saturated heterocycles. The Bertz CT molecular complexity index is 1300. The quantitative estimate of drug-likeness (QED) is 0.496. The summed E-state index contributed by atoms with van der Waals surface area (Å²) in [5, 5.41) is 2.47. The van der Waals surface area contributed by atoms with Gasteiger partial charge in [0.1, 0.15) is 35.1 Å². The molecular formula is C22H19BrF2N4O4. The second-order valence-electron chi connectivity index (χ2n) is 7.16. The maximum atomic E-state index is 13.8. The molecule has 0 radical (unpaired) electrons. The lowest BCUT2D eigenvalue weighted by Crippen LogP contribution is -2.42. The molecule has 0 aliphatic rings. The number of aromatic nitrogens is 2. The van der Waals surface area contributed by atoms with Crippen LogP contribution in [-0.2, 0) is 11.4 Å². The molecule has 0 aliphatic heterocycles. The number of amides is 2. The number of aryl methyl sites for hydroxylation is 1. The summed E-state index contributed by atoms with van der Waals surface area (Å²) >= 11 is 3.15. The van der Waals surface area contributed by atoms with Gasteiger partial charge in [0, 0.05) is 17.2 Å². The minimum absolute atomic E-state index is 0.0240. The topological polar surface area (TPSA) is 116 Å². The fourth-order valence-corrected chi connectivity index (χ4v) is 3.24. The van der Waals surface area contributed by atoms with Crippen LogP contribution in [0, 0.1) is 18.6 Å². The summed E-state index contributed by atoms with van der Waals surface area (Å²) in [7, 11) is 0. The van der Waals surface area contributed by atoms with Crippen molar-refractivity contribution in [3.63, 3.8) is 0 Å². The molecule has 0 saturated carbocycles. The van der Waals surface area contributed by atoms with Gasteiger partial charge in [-0.3, -0.25) is 19.0 Å². The summed E-state index contributed by atoms with van der Waals surface area (Å²) in [6.45, 7) is 2.93. The Balaban J connectivity index is 1.88. The first-order chi connectivity index (χ1) is 15.6. The molecule has 3 aromatic rings. The SMILES string of the molecule is Cc1ccc(C(=O)N[C@H](C)C(N)=O)cc1-n1cnc(OCc2ccc(F)cc2F)c(Br)c1=O. The van der Waals surface area contributed by atoms with Crippen molar-refractivity contribution in [1.82, 2.24) is 14.9 Å². The van der Waals surface area contributed by atoms with Crippen LogP contribution in [0.15, 0.2) is 52.0 Å². The van der Waals surface area contributed by atoms with E-state index in [0.29, 0.717) is 11.3 Å². The highest BCUT2D eigenvalue weighted by Gasteiger charge is 2.18. The molecule has 0 fully saturated rings. The predicted molar refractivity (Wildman–Crippen MR) is 119 cm³/mol. The zero-order valence-electron chi connectivity index (χ0n) is 17.6. The molecule has 11 heteroatoms. The lowest BCUT2D eigenvalue weighted by Gasteiger charge is -2.14. The summed E-state index contributed by atoms with van der Waals surface area (Å²) in [4.78, 5) is 40.6. The Hall–Kier alpha value is -3.60. The Morgan fingerprint density at radius 1 is 1.24 bits per heavy atom. The number of rotatable bonds is 7. The smallest absolute Gasteiger partial charge is 0.276 e. The molecule has 1 heterocycles. The van der Waals surface area contributed by atoms with Crippen LogP contribution in [-0.4, -0.2) is 27.4 Å². The second kappa shape index (κ2) is 9.90. The number of nitrogens with zero attached hydrogens (tertiary/aromatic N) is 2. The van der Waals surface area contributed by atoms with Crippen molar-refractivity contribution in [2.75, 3.05) is 0 Å². The van der Waals surface area contributed by atoms with E-state index in [1.165, 1.54) is 30.0 Å². The largest absolute Gasteiger partial charge is 0.472 e. The average molecular weight is 521 g/mol. The number of primary amides is 1. The van der Waals surface area contributed by atoms with Gasteiger partial charge in [0.2, 0.25) is 11.8 Å². The van der Waals surface area contributed by atoms with Crippen LogP contribution < -0.4 is 21.3 Å². The van der Waals surface area contributed by atoms with Crippen LogP contribution in [0.25, 0.3) is 5.69 Å². The number of halogens is 3. The monoisotopic (exact) mass is 520 g/mol. The van der Waals surface area contributed by atoms with Crippen molar-refractivity contribution in [2.24, 2.45) is 5.73 Å². The minimum atomic E-state index is -0.872. The molecule has 0 aliphatic carbocycles. The zero-order valence-corrected chi connectivity index (χ0v) is 19.2. The van der Waals surface area contributed by atoms with Crippen molar-refractivity contribution in [2.45, 2.75) is 26.5 Å². The van der Waals surface area contributed by atoms with Gasteiger partial charge in [-0.2, -0.15) is 0 Å². The van der Waals surface area contributed by atoms with Gasteiger partial charge in [-0.05, 0) is 59.6 Å². The Morgan fingerprint density at radius 3 is 2.64 bits per heavy atom. The molecular weight excluding hydrogens is 502 g/mol. The molecule has 172 valence electrons. The molecule has 3 rings (SSSR count). The highest BCUT2D eigenvalue weighted by atomic mass is 79.9. The summed E-state index contributed by atoms with van der Waals surface area (Å²) < 4.78 is 33.5. The lowest BCUT2D eigenvalue weighted by molar-refractivity contribution is -0.119. The fourth-order valence-electron chi connectivity index (χ4n) is 2.83. The number of ether oxygens (including phenoxy) is 1. The molecule has 1 aromatic heterocycles. The van der Waals surface area contributed by atoms with Crippen molar-refractivity contribution < 1.29 is 23.1 Å². The van der Waals surface area contributed by atoms with Gasteiger partial charge >= 0.3 is 0 Å². The number of carbonyl (C=O) groups excluding carboxylic acids is 2. The van der Waals surface area contributed by atoms with E-state index in [-0.39, 0.29) is 28.1 Å². The number of nitrogens with one attached hydrogen (secondary N) is 1. The average Bonchev–Trinajstić information content (AvgIpc) is 2.76. The third-order valence-corrected chi connectivity index (χ3v) is 5.45. The molecule has 33 heavy (non-hydrogen) atoms. The highest BCUT2D eigenvalue weighted by Crippen LogP contribution is 2.22. The summed E-state index contributed by atoms with van der Waals surface area (Å²) in [6.07, 6.45) is 1.21. The van der Waals surface area contributed by atoms with Crippen molar-refractivity contribution in [3.8, 4) is 11.6 Å². The number of carbonyl (C=O) groups is 2. The van der Waals surface area contributed by atoms with Crippen LogP contribution in [0.4, 0.5) is 8.78 Å². The van der Waals surface area contributed by atoms with Crippen molar-refractivity contribution in [3.05, 3.63) is 85.9 Å². The number of hydrogen-bond acceptors (Lipinski definition) is 5. The van der Waals surface area contributed by atoms with E-state index in [4.69, 9.17) is 10.5 Å². The second-order valence-corrected chi connectivity index (χ2v) is 7.96. The number of nitrogens with two attached hydrogens (primary N) is 1. The van der Waals surface area contributed by atoms with Gasteiger partial charge in [-0.15, -0.1) is 0 Å². The van der Waals surface area contributed by atoms with Crippen LogP contribution in [0.1, 0.15) is 28.4 Å². The minimum Gasteiger partial charge on any atom is -0.472 e. The van der Waals surface area contributed by atoms with E-state index in [2.05, 4.69) is 26.2 Å². The molecule has 8 nitrogen and oxygen atoms in total. The maximum Gasteiger partial charge on any atom is 0.276 e. The van der Waals surface area contributed by atoms with Gasteiger partial charge in [0.05, 0.1) is 5.69 Å². The van der Waals surface area contributed by atoms with Gasteiger partial charge in [0.15, 0.2) is 0 Å². The first-order valence-electron chi connectivity index (χ1n) is 9.63. The molecule has 3 N–H and O–H groups in total. The maximum absolute atomic E-state index is 13.8. The predicted octanol–water partition coefficient (Wildman–Crippen LogP) is 2.76. The fraction of sp³-hybridized carbons (Fsp3) is 0.182. The standard InChI is InChI=1S/C22H19BrF2N4O4/c1-11-3-4-13(20(31)28-12(2)19(26)30)7-17(11)29-10-27-21(18(23)22(29)32)33-9-14-5-6-15(24)8-16(14)25/h3-8,10,12H,9H2,1-2H3,(H2,26,30)(H,28,31)/t12-/m1/s1. The summed E-state index contributed by atoms with van der Waals surface area (Å²) in [6, 6.07) is 6.85. The van der Waals surface area contributed by atoms with E-state index < -0.39 is 35.0 Å². The van der Waals surface area contributed by atoms with E-state index >= 15 is 0 Å². The highest BCUT2D eigenvalue weighted by molar-refractivity contribution is 9.10. The number of benzene rings is 2. The molecule has 0 spiro atoms. The van der Waals surface area contributed by atoms with Gasteiger partial charge in [-0.25, -0.2) is 13.8 Å². The van der Waals surface area contributed by atoms with Crippen LogP contribution >= 0.6 is 15.9 Å². The third-order valence-electron chi connectivity index (χ3n) is 4.77. The van der Waals surface area contributed by atoms with E-state index in [0.717, 1.165) is 12.1 Å². The molecule has 0 unspecified atom stereocenters. The third kappa shape index (κ3) is 5.43. The van der Waals surface area contributed by atoms with Gasteiger partial charge < -0.3 is 15.8 Å². The first kappa shape index (κ1) is 24.1. The normalized spacial score (nSPS) is 11.7. The Labute approximate surface area is 195 Å². The van der Waals surface area contributed by atoms with Gasteiger partial charge in [-0.1, -0.05) is 6.07 Å². The van der Waals surface area contributed by atoms with E-state index in [1.807, 2.05) is 0 Å². The van der Waals surface area contributed by atoms with Crippen LogP contribution in [0.5, 0.6) is 5.88 Å². The lowest BCUT2D eigenvalue weighted by atomic mass is 10.1. The van der Waals surface area contributed by atoms with Gasteiger partial charge in [0.25, 0.3) is 11.5 Å². The molecule has 2 amide bonds. The van der Waals surface area contributed by atoms with Crippen LogP contribution in [0.2, 0.25) is 0 Å². The molecule has 2 aromatic carbocycles. The summed E-state index contributed by atoms with van der Waals surface area (Å²) in [5.41, 5.74) is 5.99. The molecule has 0 bridgehead atoms. The van der Waals surface area contributed by atoms with Crippen molar-refractivity contribution >= 4 is 27.7 Å². The number of hydrogen-bond donors (Lipinski definition) is 2. The zero-order chi connectivity index (χ0) is 24.3. The first-order valence-corrected chi connectivity index (χ1v) is 10.4. The van der Waals surface area contributed by atoms with E-state index in [1.54, 1.807) is 19.1 Å². The Morgan fingerprint density at radius 2 is 1.97 bits per heavy atom. The van der Waals surface area contributed by atoms with E-state index in [9.17, 15) is 23.2 Å².